The second kappa shape index (κ2) is 7.51. The summed E-state index contributed by atoms with van der Waals surface area (Å²) in [5.74, 6) is 0.798. The molecule has 1 N–H and O–H groups in total. The number of methoxy groups -OCH3 is 1. The van der Waals surface area contributed by atoms with Crippen molar-refractivity contribution < 1.29 is 13.2 Å². The molecule has 3 rings (SSSR count). The molecule has 0 aliphatic heterocycles. The van der Waals surface area contributed by atoms with Gasteiger partial charge in [0, 0.05) is 12.0 Å². The Bertz CT molecular complexity index is 996. The predicted molar refractivity (Wildman–Crippen MR) is 102 cm³/mol. The van der Waals surface area contributed by atoms with Gasteiger partial charge in [0.05, 0.1) is 7.11 Å². The van der Waals surface area contributed by atoms with Gasteiger partial charge in [-0.1, -0.05) is 48.5 Å². The average Bonchev–Trinajstić information content (AvgIpc) is 2.65. The maximum Gasteiger partial charge on any atom is 0.234 e. The highest BCUT2D eigenvalue weighted by Crippen LogP contribution is 2.21. The van der Waals surface area contributed by atoms with Gasteiger partial charge in [-0.15, -0.1) is 0 Å². The van der Waals surface area contributed by atoms with Crippen LogP contribution in [0.1, 0.15) is 11.1 Å². The third kappa shape index (κ3) is 4.68. The molecule has 0 heterocycles. The van der Waals surface area contributed by atoms with Crippen LogP contribution in [0, 0.1) is 0 Å². The van der Waals surface area contributed by atoms with E-state index in [9.17, 15) is 8.42 Å². The average molecular weight is 353 g/mol. The van der Waals surface area contributed by atoms with Gasteiger partial charge >= 0.3 is 0 Å². The number of hydrogen-bond donors (Lipinski definition) is 1. The Morgan fingerprint density at radius 2 is 1.68 bits per heavy atom. The highest BCUT2D eigenvalue weighted by Gasteiger charge is 2.06. The topological polar surface area (TPSA) is 55.4 Å². The number of sulfonamides is 1. The third-order valence-corrected chi connectivity index (χ3v) is 4.87. The lowest BCUT2D eigenvalue weighted by Crippen LogP contribution is -2.20. The van der Waals surface area contributed by atoms with E-state index < -0.39 is 10.0 Å². The molecule has 0 aliphatic carbocycles. The van der Waals surface area contributed by atoms with E-state index in [0.717, 1.165) is 27.6 Å². The summed E-state index contributed by atoms with van der Waals surface area (Å²) in [6.07, 6.45) is 1.58. The van der Waals surface area contributed by atoms with Gasteiger partial charge in [-0.25, -0.2) is 13.1 Å². The molecule has 4 nitrogen and oxygen atoms in total. The Labute approximate surface area is 147 Å². The summed E-state index contributed by atoms with van der Waals surface area (Å²) in [6, 6.07) is 21.0. The SMILES string of the molecule is COc1ccc2cc(CNS(=O)(=O)/C=C/c3ccccc3)ccc2c1. The molecule has 0 bridgehead atoms. The molecule has 0 aromatic heterocycles. The molecule has 0 unspecified atom stereocenters. The number of rotatable bonds is 6. The van der Waals surface area contributed by atoms with Crippen molar-refractivity contribution in [3.63, 3.8) is 0 Å². The second-order valence-corrected chi connectivity index (χ2v) is 7.28. The van der Waals surface area contributed by atoms with Crippen molar-refractivity contribution in [2.75, 3.05) is 7.11 Å². The van der Waals surface area contributed by atoms with Gasteiger partial charge in [-0.2, -0.15) is 0 Å². The van der Waals surface area contributed by atoms with Crippen LogP contribution in [0.4, 0.5) is 0 Å². The van der Waals surface area contributed by atoms with E-state index >= 15 is 0 Å². The number of ether oxygens (including phenoxy) is 1. The summed E-state index contributed by atoms with van der Waals surface area (Å²) in [4.78, 5) is 0. The lowest BCUT2D eigenvalue weighted by Gasteiger charge is -2.06. The van der Waals surface area contributed by atoms with E-state index in [1.165, 1.54) is 5.41 Å². The first-order chi connectivity index (χ1) is 12.1. The molecule has 0 atom stereocenters. The first-order valence-electron chi connectivity index (χ1n) is 7.85. The molecular weight excluding hydrogens is 334 g/mol. The quantitative estimate of drug-likeness (QED) is 0.730. The van der Waals surface area contributed by atoms with Crippen LogP contribution in [0.15, 0.2) is 72.1 Å². The number of hydrogen-bond acceptors (Lipinski definition) is 3. The molecule has 0 fully saturated rings. The smallest absolute Gasteiger partial charge is 0.234 e. The Morgan fingerprint density at radius 3 is 2.44 bits per heavy atom. The molecule has 25 heavy (non-hydrogen) atoms. The maximum absolute atomic E-state index is 12.1. The Balaban J connectivity index is 1.70. The zero-order valence-corrected chi connectivity index (χ0v) is 14.7. The Kier molecular flexibility index (Phi) is 5.16. The zero-order valence-electron chi connectivity index (χ0n) is 13.8. The van der Waals surface area contributed by atoms with E-state index in [1.807, 2.05) is 66.7 Å². The monoisotopic (exact) mass is 353 g/mol. The minimum atomic E-state index is -3.49. The van der Waals surface area contributed by atoms with Gasteiger partial charge in [0.1, 0.15) is 5.75 Å². The van der Waals surface area contributed by atoms with E-state index in [2.05, 4.69) is 4.72 Å². The summed E-state index contributed by atoms with van der Waals surface area (Å²) < 4.78 is 32.0. The van der Waals surface area contributed by atoms with Gasteiger partial charge in [0.2, 0.25) is 10.0 Å². The van der Waals surface area contributed by atoms with Crippen molar-refractivity contribution >= 4 is 26.9 Å². The van der Waals surface area contributed by atoms with Gasteiger partial charge in [-0.3, -0.25) is 0 Å². The number of nitrogens with one attached hydrogen (secondary N) is 1. The molecule has 0 radical (unpaired) electrons. The normalized spacial score (nSPS) is 11.9. The predicted octanol–water partition coefficient (Wildman–Crippen LogP) is 3.94. The fourth-order valence-corrected chi connectivity index (χ4v) is 3.27. The molecule has 0 saturated carbocycles. The minimum Gasteiger partial charge on any atom is -0.497 e. The molecule has 128 valence electrons. The summed E-state index contributed by atoms with van der Waals surface area (Å²) >= 11 is 0. The van der Waals surface area contributed by atoms with E-state index in [0.29, 0.717) is 0 Å². The van der Waals surface area contributed by atoms with Crippen LogP contribution >= 0.6 is 0 Å². The van der Waals surface area contributed by atoms with E-state index in [4.69, 9.17) is 4.74 Å². The zero-order chi connectivity index (χ0) is 17.7. The lowest BCUT2D eigenvalue weighted by atomic mass is 10.1. The van der Waals surface area contributed by atoms with Crippen LogP contribution in [-0.4, -0.2) is 15.5 Å². The van der Waals surface area contributed by atoms with Gasteiger partial charge in [0.15, 0.2) is 0 Å². The highest BCUT2D eigenvalue weighted by molar-refractivity contribution is 7.92. The van der Waals surface area contributed by atoms with E-state index in [1.54, 1.807) is 13.2 Å². The van der Waals surface area contributed by atoms with Crippen molar-refractivity contribution in [2.24, 2.45) is 0 Å². The molecule has 3 aromatic carbocycles. The van der Waals surface area contributed by atoms with Gasteiger partial charge in [0.25, 0.3) is 0 Å². The van der Waals surface area contributed by atoms with Crippen molar-refractivity contribution in [2.45, 2.75) is 6.54 Å². The summed E-state index contributed by atoms with van der Waals surface area (Å²) in [7, 11) is -1.86. The lowest BCUT2D eigenvalue weighted by molar-refractivity contribution is 0.415. The van der Waals surface area contributed by atoms with Crippen molar-refractivity contribution in [1.29, 1.82) is 0 Å². The first-order valence-corrected chi connectivity index (χ1v) is 9.40. The second-order valence-electron chi connectivity index (χ2n) is 5.63. The molecule has 0 amide bonds. The Hall–Kier alpha value is -2.63. The Morgan fingerprint density at radius 1 is 0.960 bits per heavy atom. The van der Waals surface area contributed by atoms with Crippen LogP contribution in [-0.2, 0) is 16.6 Å². The van der Waals surface area contributed by atoms with Crippen molar-refractivity contribution in [3.8, 4) is 5.75 Å². The van der Waals surface area contributed by atoms with Gasteiger partial charge in [-0.05, 0) is 46.2 Å². The standard InChI is InChI=1S/C20H19NO3S/c1-24-20-10-9-18-13-17(7-8-19(18)14-20)15-21-25(22,23)12-11-16-5-3-2-4-6-16/h2-14,21H,15H2,1H3/b12-11+. The van der Waals surface area contributed by atoms with Crippen LogP contribution in [0.25, 0.3) is 16.8 Å². The number of fused-ring (bicyclic) bond motifs is 1. The van der Waals surface area contributed by atoms with E-state index in [-0.39, 0.29) is 6.54 Å². The largest absolute Gasteiger partial charge is 0.497 e. The molecule has 3 aromatic rings. The molecule has 0 spiro atoms. The first kappa shape index (κ1) is 17.2. The molecule has 5 heteroatoms. The van der Waals surface area contributed by atoms with Crippen LogP contribution in [0.3, 0.4) is 0 Å². The molecule has 0 aliphatic rings. The highest BCUT2D eigenvalue weighted by atomic mass is 32.2. The fourth-order valence-electron chi connectivity index (χ4n) is 2.47. The minimum absolute atomic E-state index is 0.240. The molecule has 0 saturated heterocycles. The molecular formula is C20H19NO3S. The van der Waals surface area contributed by atoms with Crippen LogP contribution in [0.2, 0.25) is 0 Å². The van der Waals surface area contributed by atoms with Crippen LogP contribution in [0.5, 0.6) is 5.75 Å². The van der Waals surface area contributed by atoms with Crippen LogP contribution < -0.4 is 9.46 Å². The van der Waals surface area contributed by atoms with Crippen molar-refractivity contribution in [3.05, 3.63) is 83.3 Å². The summed E-state index contributed by atoms with van der Waals surface area (Å²) in [6.45, 7) is 0.240. The fraction of sp³-hybridized carbons (Fsp3) is 0.100. The summed E-state index contributed by atoms with van der Waals surface area (Å²) in [5.41, 5.74) is 1.74. The third-order valence-electron chi connectivity index (χ3n) is 3.83. The van der Waals surface area contributed by atoms with Crippen molar-refractivity contribution in [1.82, 2.24) is 4.72 Å². The number of benzene rings is 3. The maximum atomic E-state index is 12.1. The summed E-state index contributed by atoms with van der Waals surface area (Å²) in [5, 5.41) is 3.28. The van der Waals surface area contributed by atoms with Gasteiger partial charge < -0.3 is 4.74 Å².